The van der Waals surface area contributed by atoms with E-state index >= 15 is 0 Å². The Hall–Kier alpha value is -2.80. The lowest BCUT2D eigenvalue weighted by molar-refractivity contribution is -0.137. The first-order valence-electron chi connectivity index (χ1n) is 15.2. The summed E-state index contributed by atoms with van der Waals surface area (Å²) in [6.45, 7) is 4.97. The number of halogens is 3. The fourth-order valence-electron chi connectivity index (χ4n) is 6.52. The van der Waals surface area contributed by atoms with Crippen molar-refractivity contribution in [3.8, 4) is 0 Å². The van der Waals surface area contributed by atoms with Gasteiger partial charge in [-0.3, -0.25) is 9.69 Å². The van der Waals surface area contributed by atoms with Crippen LogP contribution in [0.4, 0.5) is 19.0 Å². The number of benzene rings is 1. The number of piperidine rings is 1. The Morgan fingerprint density at radius 3 is 2.56 bits per heavy atom. The molecule has 0 radical (unpaired) electrons. The van der Waals surface area contributed by atoms with Gasteiger partial charge in [0.2, 0.25) is 0 Å². The van der Waals surface area contributed by atoms with Gasteiger partial charge in [0.1, 0.15) is 17.8 Å². The third kappa shape index (κ3) is 7.47. The van der Waals surface area contributed by atoms with Crippen molar-refractivity contribution in [2.24, 2.45) is 0 Å². The van der Waals surface area contributed by atoms with E-state index < -0.39 is 11.7 Å². The van der Waals surface area contributed by atoms with Gasteiger partial charge < -0.3 is 24.4 Å². The van der Waals surface area contributed by atoms with Crippen molar-refractivity contribution in [1.29, 1.82) is 0 Å². The van der Waals surface area contributed by atoms with E-state index in [1.54, 1.807) is 7.11 Å². The van der Waals surface area contributed by atoms with Gasteiger partial charge in [0.25, 0.3) is 5.91 Å². The van der Waals surface area contributed by atoms with Gasteiger partial charge in [-0.25, -0.2) is 9.97 Å². The van der Waals surface area contributed by atoms with E-state index in [0.717, 1.165) is 62.8 Å². The summed E-state index contributed by atoms with van der Waals surface area (Å²) in [5, 5.41) is 3.33. The van der Waals surface area contributed by atoms with Gasteiger partial charge in [-0.1, -0.05) is 12.1 Å². The average Bonchev–Trinajstić information content (AvgIpc) is 3.03. The summed E-state index contributed by atoms with van der Waals surface area (Å²) in [5.74, 6) is 0.486. The first kappa shape index (κ1) is 31.6. The van der Waals surface area contributed by atoms with E-state index in [2.05, 4.69) is 27.2 Å². The summed E-state index contributed by atoms with van der Waals surface area (Å²) < 4.78 is 56.3. The molecule has 1 amide bonds. The number of nitrogens with zero attached hydrogens (tertiary/aromatic N) is 4. The summed E-state index contributed by atoms with van der Waals surface area (Å²) >= 11 is 0. The number of alkyl halides is 3. The first-order chi connectivity index (χ1) is 20.7. The maximum atomic E-state index is 13.5. The number of amides is 1. The summed E-state index contributed by atoms with van der Waals surface area (Å²) in [4.78, 5) is 26.5. The van der Waals surface area contributed by atoms with Crippen LogP contribution in [0, 0.1) is 6.92 Å². The minimum atomic E-state index is -4.36. The Labute approximate surface area is 251 Å². The van der Waals surface area contributed by atoms with Crippen molar-refractivity contribution in [1.82, 2.24) is 19.8 Å². The lowest BCUT2D eigenvalue weighted by Crippen LogP contribution is -2.54. The molecule has 1 aromatic heterocycles. The lowest BCUT2D eigenvalue weighted by atomic mass is 9.97. The van der Waals surface area contributed by atoms with E-state index in [1.807, 2.05) is 11.8 Å². The molecule has 0 spiro atoms. The van der Waals surface area contributed by atoms with Gasteiger partial charge in [-0.05, 0) is 70.2 Å². The molecule has 0 bridgehead atoms. The molecular formula is C31H42F3N5O4. The minimum absolute atomic E-state index is 0.0581. The predicted octanol–water partition coefficient (Wildman–Crippen LogP) is 4.87. The van der Waals surface area contributed by atoms with Gasteiger partial charge in [0.15, 0.2) is 0 Å². The number of rotatable bonds is 8. The molecule has 236 valence electrons. The number of methoxy groups -OCH3 is 1. The molecule has 4 unspecified atom stereocenters. The Balaban J connectivity index is 1.14. The molecule has 0 saturated carbocycles. The first-order valence-corrected chi connectivity index (χ1v) is 15.2. The van der Waals surface area contributed by atoms with Crippen LogP contribution in [0.15, 0.2) is 30.6 Å². The Morgan fingerprint density at radius 1 is 1.12 bits per heavy atom. The van der Waals surface area contributed by atoms with Crippen LogP contribution >= 0.6 is 0 Å². The summed E-state index contributed by atoms with van der Waals surface area (Å²) in [5.41, 5.74) is 1.15. The number of hydrogen-bond acceptors (Lipinski definition) is 8. The average molecular weight is 606 g/mol. The van der Waals surface area contributed by atoms with E-state index in [1.165, 1.54) is 18.5 Å². The fraction of sp³-hybridized carbons (Fsp3) is 0.645. The Kier molecular flexibility index (Phi) is 10.2. The number of carbonyl (C=O) groups is 1. The molecule has 43 heavy (non-hydrogen) atoms. The van der Waals surface area contributed by atoms with Crippen molar-refractivity contribution in [3.05, 3.63) is 53.0 Å². The molecule has 5 rings (SSSR count). The molecule has 9 nitrogen and oxygen atoms in total. The fourth-order valence-corrected chi connectivity index (χ4v) is 6.52. The minimum Gasteiger partial charge on any atom is -0.379 e. The summed E-state index contributed by atoms with van der Waals surface area (Å²) in [7, 11) is 3.88. The molecule has 3 fully saturated rings. The van der Waals surface area contributed by atoms with Crippen LogP contribution in [0.2, 0.25) is 0 Å². The van der Waals surface area contributed by atoms with Crippen molar-refractivity contribution in [2.75, 3.05) is 52.3 Å². The molecular weight excluding hydrogens is 563 g/mol. The third-order valence-electron chi connectivity index (χ3n) is 9.17. The third-order valence-corrected chi connectivity index (χ3v) is 9.17. The largest absolute Gasteiger partial charge is 0.416 e. The molecule has 2 aromatic rings. The number of nitrogens with one attached hydrogen (secondary N) is 1. The quantitative estimate of drug-likeness (QED) is 0.456. The second kappa shape index (κ2) is 13.9. The van der Waals surface area contributed by atoms with Crippen LogP contribution in [0.25, 0.3) is 0 Å². The highest BCUT2D eigenvalue weighted by atomic mass is 19.4. The van der Waals surface area contributed by atoms with Crippen molar-refractivity contribution in [3.63, 3.8) is 0 Å². The molecule has 3 aliphatic heterocycles. The molecule has 4 heterocycles. The van der Waals surface area contributed by atoms with Crippen LogP contribution in [0.3, 0.4) is 0 Å². The van der Waals surface area contributed by atoms with Crippen LogP contribution < -0.4 is 5.32 Å². The highest BCUT2D eigenvalue weighted by Gasteiger charge is 2.35. The maximum absolute atomic E-state index is 13.5. The second-order valence-electron chi connectivity index (χ2n) is 11.8. The van der Waals surface area contributed by atoms with E-state index in [9.17, 15) is 18.0 Å². The van der Waals surface area contributed by atoms with Gasteiger partial charge >= 0.3 is 6.18 Å². The number of anilines is 1. The van der Waals surface area contributed by atoms with Gasteiger partial charge in [0, 0.05) is 51.0 Å². The van der Waals surface area contributed by atoms with Gasteiger partial charge in [-0.2, -0.15) is 13.2 Å². The molecule has 0 aliphatic carbocycles. The predicted molar refractivity (Wildman–Crippen MR) is 155 cm³/mol. The molecule has 3 aliphatic rings. The highest BCUT2D eigenvalue weighted by Crippen LogP contribution is 2.34. The monoisotopic (exact) mass is 605 g/mol. The molecule has 1 N–H and O–H groups in total. The lowest BCUT2D eigenvalue weighted by Gasteiger charge is -2.44. The van der Waals surface area contributed by atoms with Crippen LogP contribution in [-0.2, 0) is 20.4 Å². The van der Waals surface area contributed by atoms with Gasteiger partial charge in [-0.15, -0.1) is 0 Å². The number of ether oxygens (including phenoxy) is 3. The van der Waals surface area contributed by atoms with Crippen LogP contribution in [-0.4, -0.2) is 97.0 Å². The van der Waals surface area contributed by atoms with Crippen LogP contribution in [0.5, 0.6) is 0 Å². The van der Waals surface area contributed by atoms with E-state index in [-0.39, 0.29) is 24.2 Å². The molecule has 12 heteroatoms. The summed E-state index contributed by atoms with van der Waals surface area (Å²) in [6.07, 6.45) is 1.87. The zero-order valence-corrected chi connectivity index (χ0v) is 25.1. The smallest absolute Gasteiger partial charge is 0.379 e. The SMILES string of the molecule is COC1COCCC1N(C)C1CCN(C(=O)c2ncnc(NCC3CCCC(c4ccc(C(F)(F)F)cc4)O3)c2C)CC1. The number of aromatic nitrogens is 2. The Bertz CT molecular complexity index is 1220. The normalized spacial score (nSPS) is 25.6. The molecule has 1 aromatic carbocycles. The van der Waals surface area contributed by atoms with Gasteiger partial charge in [0.05, 0.1) is 30.5 Å². The van der Waals surface area contributed by atoms with Crippen LogP contribution in [0.1, 0.15) is 71.8 Å². The standard InChI is InChI=1S/C31H42F3N5O4/c1-20-28(30(40)39-14-11-23(12-15-39)38(2)25-13-16-42-18-27(25)41-3)36-19-37-29(20)35-17-24-5-4-6-26(43-24)21-7-9-22(10-8-21)31(32,33)34/h7-10,19,23-27H,4-6,11-18H2,1-3H3,(H,35,36,37). The number of carbonyl (C=O) groups excluding carboxylic acids is 1. The number of likely N-dealkylation sites (tertiary alicyclic amines) is 1. The second-order valence-corrected chi connectivity index (χ2v) is 11.8. The molecule has 3 saturated heterocycles. The zero-order valence-electron chi connectivity index (χ0n) is 25.1. The number of likely N-dealkylation sites (N-methyl/N-ethyl adjacent to an activating group) is 1. The maximum Gasteiger partial charge on any atom is 0.416 e. The Morgan fingerprint density at radius 2 is 1.86 bits per heavy atom. The van der Waals surface area contributed by atoms with Crippen molar-refractivity contribution < 1.29 is 32.2 Å². The topological polar surface area (TPSA) is 89.1 Å². The zero-order chi connectivity index (χ0) is 30.6. The number of hydrogen-bond donors (Lipinski definition) is 1. The highest BCUT2D eigenvalue weighted by molar-refractivity contribution is 5.94. The summed E-state index contributed by atoms with van der Waals surface area (Å²) in [6, 6.07) is 5.88. The van der Waals surface area contributed by atoms with Crippen molar-refractivity contribution >= 4 is 11.7 Å². The van der Waals surface area contributed by atoms with E-state index in [4.69, 9.17) is 14.2 Å². The van der Waals surface area contributed by atoms with Crippen molar-refractivity contribution in [2.45, 2.75) is 82.0 Å². The molecule has 4 atom stereocenters. The van der Waals surface area contributed by atoms with E-state index in [0.29, 0.717) is 55.4 Å².